The van der Waals surface area contributed by atoms with Crippen LogP contribution in [0.15, 0.2) is 41.6 Å². The average Bonchev–Trinajstić information content (AvgIpc) is 2.47. The normalized spacial score (nSPS) is 10.4. The molecule has 0 saturated carbocycles. The summed E-state index contributed by atoms with van der Waals surface area (Å²) < 4.78 is 26.6. The van der Waals surface area contributed by atoms with Crippen molar-refractivity contribution in [3.05, 3.63) is 47.7 Å². The summed E-state index contributed by atoms with van der Waals surface area (Å²) in [5.41, 5.74) is 5.99. The molecule has 1 aromatic heterocycles. The van der Waals surface area contributed by atoms with Crippen LogP contribution in [0.5, 0.6) is 0 Å². The third-order valence-electron chi connectivity index (χ3n) is 2.57. The zero-order chi connectivity index (χ0) is 15.5. The highest BCUT2D eigenvalue weighted by Gasteiger charge is 2.19. The van der Waals surface area contributed by atoms with Gasteiger partial charge in [0.15, 0.2) is 5.03 Å². The van der Waals surface area contributed by atoms with Crippen LogP contribution >= 0.6 is 0 Å². The Morgan fingerprint density at radius 2 is 1.86 bits per heavy atom. The highest BCUT2D eigenvalue weighted by molar-refractivity contribution is 7.92. The number of hydrogen-bond donors (Lipinski definition) is 2. The van der Waals surface area contributed by atoms with E-state index in [1.807, 2.05) is 12.1 Å². The maximum absolute atomic E-state index is 12.2. The number of anilines is 2. The molecule has 21 heavy (non-hydrogen) atoms. The first-order valence-corrected chi connectivity index (χ1v) is 7.14. The van der Waals surface area contributed by atoms with Crippen molar-refractivity contribution < 1.29 is 8.42 Å². The fourth-order valence-electron chi connectivity index (χ4n) is 1.63. The van der Waals surface area contributed by atoms with E-state index in [0.29, 0.717) is 0 Å². The summed E-state index contributed by atoms with van der Waals surface area (Å²) in [6.07, 6.45) is 1.31. The molecule has 1 aromatic carbocycles. The Morgan fingerprint density at radius 3 is 2.48 bits per heavy atom. The molecular weight excluding hydrogens is 290 g/mol. The molecule has 0 atom stereocenters. The zero-order valence-electron chi connectivity index (χ0n) is 10.6. The highest BCUT2D eigenvalue weighted by Crippen LogP contribution is 2.20. The maximum Gasteiger partial charge on any atom is 0.281 e. The molecule has 104 valence electrons. The number of nitriles is 2. The quantitative estimate of drug-likeness (QED) is 0.875. The van der Waals surface area contributed by atoms with Crippen molar-refractivity contribution in [3.63, 3.8) is 0 Å². The Morgan fingerprint density at radius 1 is 1.14 bits per heavy atom. The van der Waals surface area contributed by atoms with Crippen LogP contribution in [0.1, 0.15) is 11.1 Å². The second kappa shape index (κ2) is 5.49. The minimum absolute atomic E-state index is 0.0131. The van der Waals surface area contributed by atoms with Crippen LogP contribution in [-0.2, 0) is 10.0 Å². The third kappa shape index (κ3) is 2.91. The first kappa shape index (κ1) is 14.3. The molecule has 0 saturated heterocycles. The van der Waals surface area contributed by atoms with E-state index in [1.165, 1.54) is 36.5 Å². The molecule has 0 unspecified atom stereocenters. The smallest absolute Gasteiger partial charge is 0.281 e. The summed E-state index contributed by atoms with van der Waals surface area (Å²) in [7, 11) is -3.97. The molecule has 0 aliphatic rings. The van der Waals surface area contributed by atoms with Gasteiger partial charge in [0.05, 0.1) is 22.5 Å². The van der Waals surface area contributed by atoms with E-state index in [1.54, 1.807) is 0 Å². The summed E-state index contributed by atoms with van der Waals surface area (Å²) >= 11 is 0. The number of nitrogens with zero attached hydrogens (tertiary/aromatic N) is 3. The van der Waals surface area contributed by atoms with Crippen LogP contribution in [0.4, 0.5) is 11.4 Å². The Balaban J connectivity index is 2.41. The van der Waals surface area contributed by atoms with Gasteiger partial charge in [0.25, 0.3) is 10.0 Å². The van der Waals surface area contributed by atoms with E-state index in [-0.39, 0.29) is 27.5 Å². The van der Waals surface area contributed by atoms with Crippen molar-refractivity contribution in [1.29, 1.82) is 10.5 Å². The molecule has 8 heteroatoms. The predicted molar refractivity (Wildman–Crippen MR) is 75.3 cm³/mol. The number of benzene rings is 1. The van der Waals surface area contributed by atoms with E-state index in [0.717, 1.165) is 0 Å². The average molecular weight is 299 g/mol. The lowest BCUT2D eigenvalue weighted by Gasteiger charge is -2.09. The number of sulfonamides is 1. The SMILES string of the molecule is N#Cc1ccc(NS(=O)(=O)c2ncccc2N)cc1C#N. The molecule has 2 aromatic rings. The molecule has 0 spiro atoms. The van der Waals surface area contributed by atoms with Gasteiger partial charge in [-0.05, 0) is 30.3 Å². The van der Waals surface area contributed by atoms with Crippen LogP contribution in [0.25, 0.3) is 0 Å². The third-order valence-corrected chi connectivity index (χ3v) is 3.92. The topological polar surface area (TPSA) is 133 Å². The van der Waals surface area contributed by atoms with E-state index < -0.39 is 10.0 Å². The van der Waals surface area contributed by atoms with Gasteiger partial charge in [-0.1, -0.05) is 0 Å². The van der Waals surface area contributed by atoms with Crippen LogP contribution < -0.4 is 10.5 Å². The summed E-state index contributed by atoms with van der Waals surface area (Å²) in [5.74, 6) is 0. The fraction of sp³-hybridized carbons (Fsp3) is 0. The van der Waals surface area contributed by atoms with E-state index in [4.69, 9.17) is 16.3 Å². The number of pyridine rings is 1. The molecule has 2 rings (SSSR count). The molecule has 0 bridgehead atoms. The van der Waals surface area contributed by atoms with Crippen molar-refractivity contribution in [2.45, 2.75) is 5.03 Å². The van der Waals surface area contributed by atoms with E-state index >= 15 is 0 Å². The number of rotatable bonds is 3. The maximum atomic E-state index is 12.2. The first-order valence-electron chi connectivity index (χ1n) is 5.65. The number of nitrogens with two attached hydrogens (primary N) is 1. The van der Waals surface area contributed by atoms with Crippen LogP contribution in [0.2, 0.25) is 0 Å². The Hall–Kier alpha value is -3.10. The van der Waals surface area contributed by atoms with Gasteiger partial charge in [-0.15, -0.1) is 0 Å². The molecule has 7 nitrogen and oxygen atoms in total. The van der Waals surface area contributed by atoms with Gasteiger partial charge >= 0.3 is 0 Å². The van der Waals surface area contributed by atoms with Gasteiger partial charge in [-0.2, -0.15) is 18.9 Å². The zero-order valence-corrected chi connectivity index (χ0v) is 11.4. The molecule has 0 aliphatic carbocycles. The predicted octanol–water partition coefficient (Wildman–Crippen LogP) is 1.21. The van der Waals surface area contributed by atoms with E-state index in [9.17, 15) is 8.42 Å². The number of hydrogen-bond acceptors (Lipinski definition) is 6. The van der Waals surface area contributed by atoms with Crippen LogP contribution in [0.3, 0.4) is 0 Å². The van der Waals surface area contributed by atoms with E-state index in [2.05, 4.69) is 9.71 Å². The van der Waals surface area contributed by atoms with Gasteiger partial charge in [0.1, 0.15) is 12.1 Å². The molecule has 1 heterocycles. The number of aromatic nitrogens is 1. The second-order valence-corrected chi connectivity index (χ2v) is 5.58. The standard InChI is InChI=1S/C13H9N5O2S/c14-7-9-3-4-11(6-10(9)8-15)18-21(19,20)13-12(16)2-1-5-17-13/h1-6,18H,16H2. The fourth-order valence-corrected chi connectivity index (χ4v) is 2.74. The Bertz CT molecular complexity index is 878. The molecule has 0 amide bonds. The molecule has 0 aliphatic heterocycles. The number of nitrogen functional groups attached to an aromatic ring is 1. The van der Waals surface area contributed by atoms with Gasteiger partial charge in [0.2, 0.25) is 0 Å². The Kier molecular flexibility index (Phi) is 3.74. The van der Waals surface area contributed by atoms with Crippen LogP contribution in [-0.4, -0.2) is 13.4 Å². The lowest BCUT2D eigenvalue weighted by molar-refractivity contribution is 0.598. The minimum atomic E-state index is -3.97. The van der Waals surface area contributed by atoms with Crippen molar-refractivity contribution in [1.82, 2.24) is 4.98 Å². The molecule has 3 N–H and O–H groups in total. The Labute approximate surface area is 121 Å². The summed E-state index contributed by atoms with van der Waals surface area (Å²) in [6.45, 7) is 0. The molecular formula is C13H9N5O2S. The lowest BCUT2D eigenvalue weighted by atomic mass is 10.1. The summed E-state index contributed by atoms with van der Waals surface area (Å²) in [6, 6.07) is 10.6. The summed E-state index contributed by atoms with van der Waals surface area (Å²) in [5, 5.41) is 17.4. The highest BCUT2D eigenvalue weighted by atomic mass is 32.2. The van der Waals surface area contributed by atoms with Crippen molar-refractivity contribution in [3.8, 4) is 12.1 Å². The second-order valence-electron chi connectivity index (χ2n) is 3.99. The first-order chi connectivity index (χ1) is 9.97. The number of nitrogens with one attached hydrogen (secondary N) is 1. The monoisotopic (exact) mass is 299 g/mol. The molecule has 0 fully saturated rings. The van der Waals surface area contributed by atoms with Gasteiger partial charge in [-0.25, -0.2) is 4.98 Å². The van der Waals surface area contributed by atoms with Crippen LogP contribution in [0, 0.1) is 22.7 Å². The van der Waals surface area contributed by atoms with Crippen molar-refractivity contribution in [2.75, 3.05) is 10.5 Å². The molecule has 0 radical (unpaired) electrons. The van der Waals surface area contributed by atoms with Gasteiger partial charge in [-0.3, -0.25) is 4.72 Å². The van der Waals surface area contributed by atoms with Crippen molar-refractivity contribution >= 4 is 21.4 Å². The van der Waals surface area contributed by atoms with Gasteiger partial charge < -0.3 is 5.73 Å². The summed E-state index contributed by atoms with van der Waals surface area (Å²) in [4.78, 5) is 3.73. The lowest BCUT2D eigenvalue weighted by Crippen LogP contribution is -2.16. The van der Waals surface area contributed by atoms with Gasteiger partial charge in [0, 0.05) is 6.20 Å². The minimum Gasteiger partial charge on any atom is -0.396 e. The van der Waals surface area contributed by atoms with Crippen molar-refractivity contribution in [2.24, 2.45) is 0 Å². The largest absolute Gasteiger partial charge is 0.396 e.